The summed E-state index contributed by atoms with van der Waals surface area (Å²) in [5.74, 6) is 0.921. The van der Waals surface area contributed by atoms with Gasteiger partial charge in [-0.05, 0) is 65.1 Å². The fourth-order valence-electron chi connectivity index (χ4n) is 3.17. The molecule has 0 aromatic heterocycles. The summed E-state index contributed by atoms with van der Waals surface area (Å²) in [6.45, 7) is 15.2. The third kappa shape index (κ3) is 11.7. The van der Waals surface area contributed by atoms with E-state index in [1.54, 1.807) is 0 Å². The maximum atomic E-state index is 5.69. The highest BCUT2D eigenvalue weighted by atomic mass is 16.5. The summed E-state index contributed by atoms with van der Waals surface area (Å²) in [5.41, 5.74) is 0. The molecule has 6 heteroatoms. The molecule has 0 amide bonds. The molecule has 0 aromatic rings. The first-order chi connectivity index (χ1) is 12.8. The number of nitrogens with zero attached hydrogens (tertiary/aromatic N) is 2. The van der Waals surface area contributed by atoms with E-state index in [2.05, 4.69) is 41.3 Å². The van der Waals surface area contributed by atoms with Gasteiger partial charge in [0, 0.05) is 32.8 Å². The highest BCUT2D eigenvalue weighted by Crippen LogP contribution is 2.11. The first-order valence-corrected chi connectivity index (χ1v) is 10.7. The van der Waals surface area contributed by atoms with Gasteiger partial charge in [-0.2, -0.15) is 0 Å². The van der Waals surface area contributed by atoms with Crippen molar-refractivity contribution in [1.29, 1.82) is 0 Å². The van der Waals surface area contributed by atoms with Gasteiger partial charge < -0.3 is 25.0 Å². The molecule has 0 aliphatic carbocycles. The summed E-state index contributed by atoms with van der Waals surface area (Å²) in [6.07, 6.45) is 7.18. The minimum atomic E-state index is 0.317. The lowest BCUT2D eigenvalue weighted by molar-refractivity contribution is 0.0171. The number of nitrogens with one attached hydrogen (secondary N) is 2. The van der Waals surface area contributed by atoms with Gasteiger partial charge in [-0.3, -0.25) is 4.99 Å². The van der Waals surface area contributed by atoms with Crippen molar-refractivity contribution in [3.8, 4) is 0 Å². The minimum Gasteiger partial charge on any atom is -0.379 e. The van der Waals surface area contributed by atoms with E-state index in [0.29, 0.717) is 6.10 Å². The Bertz CT molecular complexity index is 341. The van der Waals surface area contributed by atoms with Crippen LogP contribution in [0.4, 0.5) is 0 Å². The van der Waals surface area contributed by atoms with E-state index in [1.807, 2.05) is 0 Å². The van der Waals surface area contributed by atoms with Gasteiger partial charge in [-0.15, -0.1) is 0 Å². The number of hydrogen-bond acceptors (Lipinski definition) is 4. The molecule has 1 fully saturated rings. The van der Waals surface area contributed by atoms with E-state index in [-0.39, 0.29) is 0 Å². The van der Waals surface area contributed by atoms with E-state index in [9.17, 15) is 0 Å². The SMILES string of the molecule is CCCN(CCC)CCCNC(=NCCCOCC1CCCO1)NCC. The topological polar surface area (TPSA) is 58.1 Å². The van der Waals surface area contributed by atoms with Crippen molar-refractivity contribution in [2.45, 2.75) is 65.4 Å². The third-order valence-corrected chi connectivity index (χ3v) is 4.41. The number of guanidine groups is 1. The maximum Gasteiger partial charge on any atom is 0.191 e. The van der Waals surface area contributed by atoms with Crippen LogP contribution in [0, 0.1) is 0 Å². The number of hydrogen-bond donors (Lipinski definition) is 2. The molecule has 1 aliphatic rings. The molecule has 1 aliphatic heterocycles. The van der Waals surface area contributed by atoms with Gasteiger partial charge in [-0.25, -0.2) is 0 Å². The average molecular weight is 371 g/mol. The van der Waals surface area contributed by atoms with E-state index in [4.69, 9.17) is 9.47 Å². The zero-order valence-corrected chi connectivity index (χ0v) is 17.4. The Kier molecular flexibility index (Phi) is 14.6. The third-order valence-electron chi connectivity index (χ3n) is 4.41. The Labute approximate surface area is 161 Å². The fraction of sp³-hybridized carbons (Fsp3) is 0.950. The summed E-state index contributed by atoms with van der Waals surface area (Å²) in [6, 6.07) is 0. The van der Waals surface area contributed by atoms with E-state index in [1.165, 1.54) is 32.4 Å². The van der Waals surface area contributed by atoms with Crippen molar-refractivity contribution in [2.24, 2.45) is 4.99 Å². The Morgan fingerprint density at radius 3 is 2.58 bits per heavy atom. The molecular formula is C20H42N4O2. The first-order valence-electron chi connectivity index (χ1n) is 10.7. The van der Waals surface area contributed by atoms with Gasteiger partial charge in [0.25, 0.3) is 0 Å². The molecule has 154 valence electrons. The van der Waals surface area contributed by atoms with Gasteiger partial charge in [0.05, 0.1) is 12.7 Å². The van der Waals surface area contributed by atoms with Crippen LogP contribution in [0.5, 0.6) is 0 Å². The lowest BCUT2D eigenvalue weighted by Gasteiger charge is -2.21. The molecule has 6 nitrogen and oxygen atoms in total. The largest absolute Gasteiger partial charge is 0.379 e. The predicted molar refractivity (Wildman–Crippen MR) is 110 cm³/mol. The molecule has 0 bridgehead atoms. The van der Waals surface area contributed by atoms with Gasteiger partial charge in [0.1, 0.15) is 0 Å². The number of aliphatic imine (C=N–C) groups is 1. The molecule has 1 heterocycles. The van der Waals surface area contributed by atoms with Crippen LogP contribution in [0.3, 0.4) is 0 Å². The normalized spacial score (nSPS) is 17.8. The van der Waals surface area contributed by atoms with E-state index < -0.39 is 0 Å². The van der Waals surface area contributed by atoms with Crippen molar-refractivity contribution < 1.29 is 9.47 Å². The van der Waals surface area contributed by atoms with Crippen LogP contribution in [-0.4, -0.2) is 76.1 Å². The van der Waals surface area contributed by atoms with E-state index >= 15 is 0 Å². The lowest BCUT2D eigenvalue weighted by atomic mass is 10.2. The zero-order chi connectivity index (χ0) is 18.9. The first kappa shape index (κ1) is 23.2. The standard InChI is InChI=1S/C20H42N4O2/c1-4-13-24(14-5-2)15-8-11-22-20(21-6-3)23-12-9-16-25-18-19-10-7-17-26-19/h19H,4-18H2,1-3H3,(H2,21,22,23). The van der Waals surface area contributed by atoms with Crippen LogP contribution >= 0.6 is 0 Å². The highest BCUT2D eigenvalue weighted by molar-refractivity contribution is 5.79. The van der Waals surface area contributed by atoms with Crippen LogP contribution in [0.25, 0.3) is 0 Å². The average Bonchev–Trinajstić information content (AvgIpc) is 3.15. The van der Waals surface area contributed by atoms with Crippen LogP contribution in [0.1, 0.15) is 59.3 Å². The van der Waals surface area contributed by atoms with Crippen LogP contribution in [-0.2, 0) is 9.47 Å². The van der Waals surface area contributed by atoms with Crippen LogP contribution in [0.15, 0.2) is 4.99 Å². The molecule has 1 saturated heterocycles. The quantitative estimate of drug-likeness (QED) is 0.264. The molecule has 1 rings (SSSR count). The van der Waals surface area contributed by atoms with Gasteiger partial charge in [0.2, 0.25) is 0 Å². The van der Waals surface area contributed by atoms with Crippen molar-refractivity contribution in [3.05, 3.63) is 0 Å². The molecule has 1 atom stereocenters. The lowest BCUT2D eigenvalue weighted by Crippen LogP contribution is -2.39. The molecule has 0 radical (unpaired) electrons. The fourth-order valence-corrected chi connectivity index (χ4v) is 3.17. The Balaban J connectivity index is 2.11. The van der Waals surface area contributed by atoms with E-state index in [0.717, 1.165) is 71.2 Å². The second-order valence-corrected chi connectivity index (χ2v) is 6.95. The highest BCUT2D eigenvalue weighted by Gasteiger charge is 2.14. The van der Waals surface area contributed by atoms with Gasteiger partial charge >= 0.3 is 0 Å². The van der Waals surface area contributed by atoms with Crippen molar-refractivity contribution in [2.75, 3.05) is 59.1 Å². The molecule has 1 unspecified atom stereocenters. The summed E-state index contributed by atoms with van der Waals surface area (Å²) in [4.78, 5) is 7.19. The Hall–Kier alpha value is -0.850. The molecule has 0 aromatic carbocycles. The van der Waals surface area contributed by atoms with Crippen molar-refractivity contribution in [3.63, 3.8) is 0 Å². The van der Waals surface area contributed by atoms with Gasteiger partial charge in [-0.1, -0.05) is 13.8 Å². The maximum absolute atomic E-state index is 5.69. The van der Waals surface area contributed by atoms with Crippen molar-refractivity contribution in [1.82, 2.24) is 15.5 Å². The van der Waals surface area contributed by atoms with Crippen molar-refractivity contribution >= 4 is 5.96 Å². The van der Waals surface area contributed by atoms with Crippen LogP contribution < -0.4 is 10.6 Å². The molecule has 0 spiro atoms. The smallest absolute Gasteiger partial charge is 0.191 e. The molecular weight excluding hydrogens is 328 g/mol. The summed E-state index contributed by atoms with van der Waals surface area (Å²) in [7, 11) is 0. The zero-order valence-electron chi connectivity index (χ0n) is 17.4. The minimum absolute atomic E-state index is 0.317. The number of rotatable bonds is 15. The number of ether oxygens (including phenoxy) is 2. The van der Waals surface area contributed by atoms with Gasteiger partial charge in [0.15, 0.2) is 5.96 Å². The Morgan fingerprint density at radius 2 is 1.92 bits per heavy atom. The van der Waals surface area contributed by atoms with Crippen LogP contribution in [0.2, 0.25) is 0 Å². The molecule has 0 saturated carbocycles. The second kappa shape index (κ2) is 16.3. The Morgan fingerprint density at radius 1 is 1.12 bits per heavy atom. The summed E-state index contributed by atoms with van der Waals surface area (Å²) in [5, 5.41) is 6.77. The molecule has 2 N–H and O–H groups in total. The summed E-state index contributed by atoms with van der Waals surface area (Å²) < 4.78 is 11.2. The molecule has 26 heavy (non-hydrogen) atoms. The second-order valence-electron chi connectivity index (χ2n) is 6.95. The predicted octanol–water partition coefficient (Wildman–Crippen LogP) is 2.64. The monoisotopic (exact) mass is 370 g/mol. The summed E-state index contributed by atoms with van der Waals surface area (Å²) >= 11 is 0.